The van der Waals surface area contributed by atoms with Crippen LogP contribution in [0.15, 0.2) is 22.7 Å². The summed E-state index contributed by atoms with van der Waals surface area (Å²) in [5.74, 6) is 1.15. The van der Waals surface area contributed by atoms with Crippen molar-refractivity contribution in [3.8, 4) is 0 Å². The number of aryl methyl sites for hydroxylation is 1. The van der Waals surface area contributed by atoms with Crippen LogP contribution in [0.25, 0.3) is 0 Å². The van der Waals surface area contributed by atoms with E-state index in [0.717, 1.165) is 16.6 Å². The van der Waals surface area contributed by atoms with E-state index in [9.17, 15) is 0 Å². The lowest BCUT2D eigenvalue weighted by Gasteiger charge is -2.34. The lowest BCUT2D eigenvalue weighted by atomic mass is 10.0. The largest absolute Gasteiger partial charge is 0.329 e. The molecule has 0 aliphatic rings. The molecular weight excluding hydrogens is 320 g/mol. The molecule has 0 aliphatic heterocycles. The summed E-state index contributed by atoms with van der Waals surface area (Å²) in [5.41, 5.74) is 8.59. The van der Waals surface area contributed by atoms with E-state index in [4.69, 9.17) is 5.73 Å². The summed E-state index contributed by atoms with van der Waals surface area (Å²) >= 11 is 5.58. The van der Waals surface area contributed by atoms with Crippen molar-refractivity contribution in [3.05, 3.63) is 33.8 Å². The van der Waals surface area contributed by atoms with Crippen molar-refractivity contribution < 1.29 is 0 Å². The number of likely N-dealkylation sites (N-methyl/N-ethyl adjacent to an activating group) is 1. The van der Waals surface area contributed by atoms with Gasteiger partial charge in [0.25, 0.3) is 0 Å². The van der Waals surface area contributed by atoms with E-state index in [-0.39, 0.29) is 6.04 Å². The smallest absolute Gasteiger partial charge is 0.0481 e. The molecule has 2 atom stereocenters. The minimum absolute atomic E-state index is 0.270. The maximum absolute atomic E-state index is 6.03. The Kier molecular flexibility index (Phi) is 7.44. The molecule has 1 rings (SSSR count). The average molecular weight is 345 g/mol. The molecule has 0 saturated heterocycles. The molecule has 4 heteroatoms. The zero-order chi connectivity index (χ0) is 14.4. The number of benzene rings is 1. The molecule has 0 bridgehead atoms. The molecule has 0 heterocycles. The molecule has 108 valence electrons. The van der Waals surface area contributed by atoms with Crippen LogP contribution in [-0.4, -0.2) is 36.5 Å². The first-order chi connectivity index (χ1) is 9.04. The Balaban J connectivity index is 2.98. The third kappa shape index (κ3) is 4.48. The number of hydrogen-bond donors (Lipinski definition) is 1. The Morgan fingerprint density at radius 3 is 2.58 bits per heavy atom. The van der Waals surface area contributed by atoms with E-state index in [2.05, 4.69) is 66.2 Å². The molecule has 0 spiro atoms. The van der Waals surface area contributed by atoms with Crippen LogP contribution in [0.4, 0.5) is 0 Å². The van der Waals surface area contributed by atoms with Crippen molar-refractivity contribution in [3.63, 3.8) is 0 Å². The summed E-state index contributed by atoms with van der Waals surface area (Å²) in [4.78, 5) is 2.42. The molecule has 2 unspecified atom stereocenters. The number of nitrogens with zero attached hydrogens (tertiary/aromatic N) is 1. The van der Waals surface area contributed by atoms with Gasteiger partial charge in [0.2, 0.25) is 0 Å². The van der Waals surface area contributed by atoms with Crippen LogP contribution < -0.4 is 5.73 Å². The van der Waals surface area contributed by atoms with E-state index in [1.807, 2.05) is 11.8 Å². The minimum Gasteiger partial charge on any atom is -0.329 e. The van der Waals surface area contributed by atoms with Gasteiger partial charge in [0.1, 0.15) is 0 Å². The number of rotatable bonds is 7. The highest BCUT2D eigenvalue weighted by Crippen LogP contribution is 2.29. The number of thioether (sulfide) groups is 1. The second-order valence-corrected chi connectivity index (χ2v) is 6.72. The Bertz CT molecular complexity index is 398. The van der Waals surface area contributed by atoms with Gasteiger partial charge in [-0.25, -0.2) is 0 Å². The Hall–Kier alpha value is -0.0300. The van der Waals surface area contributed by atoms with Crippen molar-refractivity contribution in [2.24, 2.45) is 5.73 Å². The Morgan fingerprint density at radius 1 is 1.42 bits per heavy atom. The molecule has 0 saturated carbocycles. The zero-order valence-electron chi connectivity index (χ0n) is 12.3. The standard InChI is InChI=1S/C15H25BrN2S/c1-5-12(10-19-4)18(3)15(9-17)13-7-6-11(2)8-14(13)16/h6-8,12,15H,5,9-10,17H2,1-4H3. The third-order valence-electron chi connectivity index (χ3n) is 3.64. The van der Waals surface area contributed by atoms with Gasteiger partial charge >= 0.3 is 0 Å². The Labute approximate surface area is 130 Å². The van der Waals surface area contributed by atoms with E-state index >= 15 is 0 Å². The van der Waals surface area contributed by atoms with Crippen LogP contribution in [0.1, 0.15) is 30.5 Å². The molecule has 0 amide bonds. The zero-order valence-corrected chi connectivity index (χ0v) is 14.7. The number of hydrogen-bond acceptors (Lipinski definition) is 3. The van der Waals surface area contributed by atoms with Crippen LogP contribution in [0.2, 0.25) is 0 Å². The molecule has 19 heavy (non-hydrogen) atoms. The molecule has 2 nitrogen and oxygen atoms in total. The maximum Gasteiger partial charge on any atom is 0.0481 e. The van der Waals surface area contributed by atoms with Crippen LogP contribution in [0, 0.1) is 6.92 Å². The monoisotopic (exact) mass is 344 g/mol. The summed E-state index contributed by atoms with van der Waals surface area (Å²) in [7, 11) is 2.19. The predicted octanol–water partition coefficient (Wildman–Crippen LogP) is 3.83. The second-order valence-electron chi connectivity index (χ2n) is 4.96. The van der Waals surface area contributed by atoms with Gasteiger partial charge in [-0.2, -0.15) is 11.8 Å². The summed E-state index contributed by atoms with van der Waals surface area (Å²) in [6.45, 7) is 5.00. The maximum atomic E-state index is 6.03. The summed E-state index contributed by atoms with van der Waals surface area (Å²) in [6, 6.07) is 7.36. The van der Waals surface area contributed by atoms with Crippen molar-refractivity contribution >= 4 is 27.7 Å². The predicted molar refractivity (Wildman–Crippen MR) is 90.9 cm³/mol. The van der Waals surface area contributed by atoms with Crippen molar-refractivity contribution in [1.82, 2.24) is 4.90 Å². The van der Waals surface area contributed by atoms with Gasteiger partial charge in [0.05, 0.1) is 0 Å². The van der Waals surface area contributed by atoms with Gasteiger partial charge in [0.15, 0.2) is 0 Å². The van der Waals surface area contributed by atoms with E-state index in [1.165, 1.54) is 11.1 Å². The molecule has 0 aliphatic carbocycles. The van der Waals surface area contributed by atoms with Crippen molar-refractivity contribution in [2.75, 3.05) is 25.6 Å². The van der Waals surface area contributed by atoms with Gasteiger partial charge in [-0.05, 0) is 43.8 Å². The molecule has 1 aromatic carbocycles. The fraction of sp³-hybridized carbons (Fsp3) is 0.600. The van der Waals surface area contributed by atoms with Gasteiger partial charge in [-0.1, -0.05) is 35.0 Å². The second kappa shape index (κ2) is 8.30. The van der Waals surface area contributed by atoms with Crippen LogP contribution in [0.3, 0.4) is 0 Å². The molecule has 0 aromatic heterocycles. The summed E-state index contributed by atoms with van der Waals surface area (Å²) in [5, 5.41) is 0. The van der Waals surface area contributed by atoms with Gasteiger partial charge in [-0.15, -0.1) is 0 Å². The highest BCUT2D eigenvalue weighted by Gasteiger charge is 2.23. The molecule has 0 radical (unpaired) electrons. The van der Waals surface area contributed by atoms with Gasteiger partial charge in [-0.3, -0.25) is 4.90 Å². The normalized spacial score (nSPS) is 14.7. The lowest BCUT2D eigenvalue weighted by Crippen LogP contribution is -2.39. The van der Waals surface area contributed by atoms with Crippen LogP contribution in [0.5, 0.6) is 0 Å². The summed E-state index contributed by atoms with van der Waals surface area (Å²) < 4.78 is 1.16. The summed E-state index contributed by atoms with van der Waals surface area (Å²) in [6.07, 6.45) is 3.31. The fourth-order valence-corrected chi connectivity index (χ4v) is 4.00. The molecular formula is C15H25BrN2S. The highest BCUT2D eigenvalue weighted by molar-refractivity contribution is 9.10. The fourth-order valence-electron chi connectivity index (χ4n) is 2.39. The first-order valence-corrected chi connectivity index (χ1v) is 8.90. The van der Waals surface area contributed by atoms with E-state index in [1.54, 1.807) is 0 Å². The van der Waals surface area contributed by atoms with Crippen molar-refractivity contribution in [2.45, 2.75) is 32.4 Å². The van der Waals surface area contributed by atoms with E-state index in [0.29, 0.717) is 12.6 Å². The lowest BCUT2D eigenvalue weighted by molar-refractivity contribution is 0.187. The molecule has 2 N–H and O–H groups in total. The van der Waals surface area contributed by atoms with Gasteiger partial charge < -0.3 is 5.73 Å². The van der Waals surface area contributed by atoms with Crippen LogP contribution >= 0.6 is 27.7 Å². The van der Waals surface area contributed by atoms with E-state index < -0.39 is 0 Å². The van der Waals surface area contributed by atoms with Gasteiger partial charge in [0, 0.05) is 28.9 Å². The third-order valence-corrected chi connectivity index (χ3v) is 5.04. The quantitative estimate of drug-likeness (QED) is 0.814. The number of nitrogens with two attached hydrogens (primary N) is 1. The first-order valence-electron chi connectivity index (χ1n) is 6.72. The number of halogens is 1. The minimum atomic E-state index is 0.270. The van der Waals surface area contributed by atoms with Crippen molar-refractivity contribution in [1.29, 1.82) is 0 Å². The van der Waals surface area contributed by atoms with Crippen LogP contribution in [-0.2, 0) is 0 Å². The first kappa shape index (κ1) is 17.0. The topological polar surface area (TPSA) is 29.3 Å². The highest BCUT2D eigenvalue weighted by atomic mass is 79.9. The average Bonchev–Trinajstić information content (AvgIpc) is 2.39. The molecule has 0 fully saturated rings. The molecule has 1 aromatic rings. The SMILES string of the molecule is CCC(CSC)N(C)C(CN)c1ccc(C)cc1Br. The Morgan fingerprint density at radius 2 is 2.11 bits per heavy atom.